The van der Waals surface area contributed by atoms with Crippen molar-refractivity contribution in [1.82, 2.24) is 4.90 Å². The highest BCUT2D eigenvalue weighted by Gasteiger charge is 2.22. The first kappa shape index (κ1) is 12.8. The summed E-state index contributed by atoms with van der Waals surface area (Å²) in [5, 5.41) is 8.60. The molecule has 0 radical (unpaired) electrons. The Kier molecular flexibility index (Phi) is 6.10. The molecule has 1 heterocycles. The number of likely N-dealkylation sites (tertiary alicyclic amines) is 1. The molecule has 1 N–H and O–H groups in total. The number of carbonyl (C=O) groups is 1. The van der Waals surface area contributed by atoms with Crippen molar-refractivity contribution < 1.29 is 9.90 Å². The average Bonchev–Trinajstić information content (AvgIpc) is 2.63. The Morgan fingerprint density at radius 1 is 1.60 bits per heavy atom. The molecule has 88 valence electrons. The Balaban J connectivity index is 2.07. The molecule has 0 aromatic heterocycles. The summed E-state index contributed by atoms with van der Waals surface area (Å²) in [5.41, 5.74) is 0. The monoisotopic (exact) mass is 231 g/mol. The molecule has 1 rings (SSSR count). The van der Waals surface area contributed by atoms with Crippen molar-refractivity contribution in [1.29, 1.82) is 0 Å². The van der Waals surface area contributed by atoms with Crippen LogP contribution in [0.25, 0.3) is 0 Å². The lowest BCUT2D eigenvalue weighted by Crippen LogP contribution is -2.22. The number of nitrogens with zero attached hydrogens (tertiary/aromatic N) is 1. The number of thioether (sulfide) groups is 1. The molecule has 15 heavy (non-hydrogen) atoms. The van der Waals surface area contributed by atoms with Crippen LogP contribution in [0.4, 0.5) is 0 Å². The minimum Gasteiger partial charge on any atom is -0.481 e. The second kappa shape index (κ2) is 7.12. The van der Waals surface area contributed by atoms with Gasteiger partial charge < -0.3 is 10.0 Å². The van der Waals surface area contributed by atoms with Crippen LogP contribution in [0.5, 0.6) is 0 Å². The van der Waals surface area contributed by atoms with E-state index in [0.717, 1.165) is 13.0 Å². The molecule has 1 aliphatic heterocycles. The van der Waals surface area contributed by atoms with E-state index < -0.39 is 5.97 Å². The zero-order chi connectivity index (χ0) is 11.1. The number of hydrogen-bond donors (Lipinski definition) is 1. The molecular formula is C11H21NO2S. The smallest absolute Gasteiger partial charge is 0.303 e. The van der Waals surface area contributed by atoms with E-state index >= 15 is 0 Å². The highest BCUT2D eigenvalue weighted by Crippen LogP contribution is 2.21. The van der Waals surface area contributed by atoms with Gasteiger partial charge in [-0.05, 0) is 50.3 Å². The Hall–Kier alpha value is -0.220. The Labute approximate surface area is 96.2 Å². The summed E-state index contributed by atoms with van der Waals surface area (Å²) in [5.74, 6) is 1.20. The topological polar surface area (TPSA) is 40.5 Å². The molecule has 0 amide bonds. The Bertz CT molecular complexity index is 199. The van der Waals surface area contributed by atoms with E-state index in [0.29, 0.717) is 12.3 Å². The third kappa shape index (κ3) is 5.42. The first-order valence-corrected chi connectivity index (χ1v) is 7.05. The van der Waals surface area contributed by atoms with Crippen LogP contribution in [0.15, 0.2) is 0 Å². The lowest BCUT2D eigenvalue weighted by atomic mass is 10.0. The van der Waals surface area contributed by atoms with Gasteiger partial charge >= 0.3 is 5.97 Å². The van der Waals surface area contributed by atoms with E-state index in [1.54, 1.807) is 0 Å². The van der Waals surface area contributed by atoms with Crippen LogP contribution in [-0.2, 0) is 4.79 Å². The molecule has 1 atom stereocenters. The number of carboxylic acid groups (broad SMARTS) is 1. The van der Waals surface area contributed by atoms with Gasteiger partial charge in [-0.3, -0.25) is 4.79 Å². The largest absolute Gasteiger partial charge is 0.481 e. The molecule has 0 saturated carbocycles. The summed E-state index contributed by atoms with van der Waals surface area (Å²) in [6, 6.07) is 0. The van der Waals surface area contributed by atoms with E-state index in [1.165, 1.54) is 31.7 Å². The zero-order valence-corrected chi connectivity index (χ0v) is 10.3. The van der Waals surface area contributed by atoms with Crippen molar-refractivity contribution in [2.24, 2.45) is 5.92 Å². The van der Waals surface area contributed by atoms with Gasteiger partial charge in [-0.15, -0.1) is 0 Å². The van der Waals surface area contributed by atoms with Gasteiger partial charge in [0, 0.05) is 13.0 Å². The van der Waals surface area contributed by atoms with Gasteiger partial charge in [-0.2, -0.15) is 11.8 Å². The summed E-state index contributed by atoms with van der Waals surface area (Å²) >= 11 is 1.90. The van der Waals surface area contributed by atoms with Gasteiger partial charge in [-0.1, -0.05) is 0 Å². The van der Waals surface area contributed by atoms with Gasteiger partial charge in [0.25, 0.3) is 0 Å². The number of carboxylic acids is 1. The highest BCUT2D eigenvalue weighted by molar-refractivity contribution is 7.98. The minimum atomic E-state index is -0.657. The summed E-state index contributed by atoms with van der Waals surface area (Å²) in [4.78, 5) is 12.9. The first-order valence-electron chi connectivity index (χ1n) is 5.65. The van der Waals surface area contributed by atoms with Gasteiger partial charge in [0.15, 0.2) is 0 Å². The van der Waals surface area contributed by atoms with Gasteiger partial charge in [-0.25, -0.2) is 0 Å². The molecule has 0 aliphatic carbocycles. The fourth-order valence-electron chi connectivity index (χ4n) is 2.11. The van der Waals surface area contributed by atoms with Crippen LogP contribution >= 0.6 is 11.8 Å². The molecule has 0 spiro atoms. The van der Waals surface area contributed by atoms with Crippen molar-refractivity contribution in [2.75, 3.05) is 31.6 Å². The quantitative estimate of drug-likeness (QED) is 0.680. The second-order valence-corrected chi connectivity index (χ2v) is 5.22. The number of hydrogen-bond acceptors (Lipinski definition) is 3. The standard InChI is InChI=1S/C11H21NO2S/c1-15-8-2-6-12-7-5-10(9-12)3-4-11(13)14/h10H,2-9H2,1H3,(H,13,14). The zero-order valence-electron chi connectivity index (χ0n) is 9.45. The highest BCUT2D eigenvalue weighted by atomic mass is 32.2. The predicted molar refractivity (Wildman–Crippen MR) is 64.4 cm³/mol. The summed E-state index contributed by atoms with van der Waals surface area (Å²) in [7, 11) is 0. The number of rotatable bonds is 7. The van der Waals surface area contributed by atoms with Crippen LogP contribution in [0.2, 0.25) is 0 Å². The SMILES string of the molecule is CSCCCN1CCC(CCC(=O)O)C1. The Morgan fingerprint density at radius 3 is 3.07 bits per heavy atom. The van der Waals surface area contributed by atoms with Crippen molar-refractivity contribution in [2.45, 2.75) is 25.7 Å². The van der Waals surface area contributed by atoms with Gasteiger partial charge in [0.1, 0.15) is 0 Å². The molecule has 1 saturated heterocycles. The molecule has 1 fully saturated rings. The maximum absolute atomic E-state index is 10.4. The average molecular weight is 231 g/mol. The van der Waals surface area contributed by atoms with Crippen LogP contribution in [0.1, 0.15) is 25.7 Å². The van der Waals surface area contributed by atoms with Gasteiger partial charge in [0.2, 0.25) is 0 Å². The van der Waals surface area contributed by atoms with Crippen molar-refractivity contribution >= 4 is 17.7 Å². The third-order valence-corrected chi connectivity index (χ3v) is 3.66. The van der Waals surface area contributed by atoms with Gasteiger partial charge in [0.05, 0.1) is 0 Å². The fraction of sp³-hybridized carbons (Fsp3) is 0.909. The third-order valence-electron chi connectivity index (χ3n) is 2.96. The van der Waals surface area contributed by atoms with E-state index in [2.05, 4.69) is 11.2 Å². The molecular weight excluding hydrogens is 210 g/mol. The molecule has 0 aromatic rings. The van der Waals surface area contributed by atoms with E-state index in [1.807, 2.05) is 11.8 Å². The van der Waals surface area contributed by atoms with E-state index in [4.69, 9.17) is 5.11 Å². The van der Waals surface area contributed by atoms with Crippen molar-refractivity contribution in [3.05, 3.63) is 0 Å². The van der Waals surface area contributed by atoms with Crippen LogP contribution in [0, 0.1) is 5.92 Å². The van der Waals surface area contributed by atoms with Crippen LogP contribution in [-0.4, -0.2) is 47.6 Å². The van der Waals surface area contributed by atoms with Crippen LogP contribution < -0.4 is 0 Å². The van der Waals surface area contributed by atoms with Crippen LogP contribution in [0.3, 0.4) is 0 Å². The molecule has 4 heteroatoms. The maximum atomic E-state index is 10.4. The summed E-state index contributed by atoms with van der Waals surface area (Å²) in [6.45, 7) is 3.46. The molecule has 0 bridgehead atoms. The maximum Gasteiger partial charge on any atom is 0.303 e. The normalized spacial score (nSPS) is 22.1. The molecule has 0 aromatic carbocycles. The van der Waals surface area contributed by atoms with E-state index in [9.17, 15) is 4.79 Å². The summed E-state index contributed by atoms with van der Waals surface area (Å²) < 4.78 is 0. The summed E-state index contributed by atoms with van der Waals surface area (Å²) in [6.07, 6.45) is 5.77. The lowest BCUT2D eigenvalue weighted by molar-refractivity contribution is -0.137. The lowest BCUT2D eigenvalue weighted by Gasteiger charge is -2.15. The number of aliphatic carboxylic acids is 1. The minimum absolute atomic E-state index is 0.337. The predicted octanol–water partition coefficient (Wildman–Crippen LogP) is 1.93. The molecule has 1 aliphatic rings. The Morgan fingerprint density at radius 2 is 2.40 bits per heavy atom. The van der Waals surface area contributed by atoms with Crippen molar-refractivity contribution in [3.63, 3.8) is 0 Å². The second-order valence-electron chi connectivity index (χ2n) is 4.23. The first-order chi connectivity index (χ1) is 7.22. The van der Waals surface area contributed by atoms with Crippen molar-refractivity contribution in [3.8, 4) is 0 Å². The van der Waals surface area contributed by atoms with E-state index in [-0.39, 0.29) is 0 Å². The molecule has 3 nitrogen and oxygen atoms in total. The fourth-order valence-corrected chi connectivity index (χ4v) is 2.53. The molecule has 1 unspecified atom stereocenters.